The molecular formula is C17H26N2O. The second-order valence-electron chi connectivity index (χ2n) is 6.57. The average Bonchev–Trinajstić information content (AvgIpc) is 2.44. The summed E-state index contributed by atoms with van der Waals surface area (Å²) in [5.74, 6) is 0.488. The summed E-state index contributed by atoms with van der Waals surface area (Å²) in [5, 5.41) is 10.1. The maximum atomic E-state index is 10.1. The first-order valence-corrected chi connectivity index (χ1v) is 7.84. The van der Waals surface area contributed by atoms with E-state index < -0.39 is 0 Å². The molecule has 0 bridgehead atoms. The van der Waals surface area contributed by atoms with Crippen molar-refractivity contribution in [3.8, 4) is 5.75 Å². The van der Waals surface area contributed by atoms with Gasteiger partial charge in [-0.25, -0.2) is 0 Å². The third-order valence-corrected chi connectivity index (χ3v) is 5.28. The Morgan fingerprint density at radius 3 is 2.55 bits per heavy atom. The highest BCUT2D eigenvalue weighted by atomic mass is 16.3. The minimum absolute atomic E-state index is 0.488. The van der Waals surface area contributed by atoms with Crippen LogP contribution in [0.15, 0.2) is 18.2 Å². The van der Waals surface area contributed by atoms with E-state index >= 15 is 0 Å². The quantitative estimate of drug-likeness (QED) is 0.853. The van der Waals surface area contributed by atoms with Gasteiger partial charge in [0.15, 0.2) is 0 Å². The first-order chi connectivity index (χ1) is 9.58. The standard InChI is InChI=1S/C17H26N2O/c1-12-10-19(11-13(2)18(12)3)16-8-4-7-15-14(16)6-5-9-17(15)20/h5-6,9,12-13,16,20H,4,7-8,10-11H2,1-3H3. The zero-order valence-electron chi connectivity index (χ0n) is 12.8. The van der Waals surface area contributed by atoms with E-state index in [1.807, 2.05) is 12.1 Å². The van der Waals surface area contributed by atoms with E-state index in [0.717, 1.165) is 19.5 Å². The van der Waals surface area contributed by atoms with Gasteiger partial charge in [0, 0.05) is 31.2 Å². The van der Waals surface area contributed by atoms with Crippen molar-refractivity contribution in [1.82, 2.24) is 9.80 Å². The van der Waals surface area contributed by atoms with Crippen LogP contribution in [0.1, 0.15) is 43.9 Å². The van der Waals surface area contributed by atoms with Crippen LogP contribution in [0.4, 0.5) is 0 Å². The van der Waals surface area contributed by atoms with Crippen LogP contribution in [0.25, 0.3) is 0 Å². The Morgan fingerprint density at radius 1 is 1.15 bits per heavy atom. The van der Waals surface area contributed by atoms with Crippen LogP contribution in [-0.2, 0) is 6.42 Å². The van der Waals surface area contributed by atoms with Crippen molar-refractivity contribution < 1.29 is 5.11 Å². The molecule has 0 saturated carbocycles. The highest BCUT2D eigenvalue weighted by Gasteiger charge is 2.33. The molecule has 1 aromatic carbocycles. The van der Waals surface area contributed by atoms with Gasteiger partial charge >= 0.3 is 0 Å². The molecule has 3 nitrogen and oxygen atoms in total. The molecular weight excluding hydrogens is 248 g/mol. The monoisotopic (exact) mass is 274 g/mol. The number of hydrogen-bond donors (Lipinski definition) is 1. The summed E-state index contributed by atoms with van der Waals surface area (Å²) in [7, 11) is 2.23. The number of rotatable bonds is 1. The molecule has 1 aromatic rings. The van der Waals surface area contributed by atoms with Gasteiger partial charge < -0.3 is 5.11 Å². The fourth-order valence-electron chi connectivity index (χ4n) is 3.88. The number of fused-ring (bicyclic) bond motifs is 1. The largest absolute Gasteiger partial charge is 0.508 e. The van der Waals surface area contributed by atoms with E-state index in [0.29, 0.717) is 23.9 Å². The maximum absolute atomic E-state index is 10.1. The molecule has 1 aliphatic carbocycles. The summed E-state index contributed by atoms with van der Waals surface area (Å²) in [6.45, 7) is 6.88. The predicted molar refractivity (Wildman–Crippen MR) is 82.0 cm³/mol. The lowest BCUT2D eigenvalue weighted by Crippen LogP contribution is -2.55. The second kappa shape index (κ2) is 5.38. The van der Waals surface area contributed by atoms with Crippen molar-refractivity contribution in [2.45, 2.75) is 51.2 Å². The minimum Gasteiger partial charge on any atom is -0.508 e. The zero-order valence-corrected chi connectivity index (χ0v) is 12.8. The first-order valence-electron chi connectivity index (χ1n) is 7.84. The van der Waals surface area contributed by atoms with Crippen LogP contribution in [0.5, 0.6) is 5.75 Å². The number of hydrogen-bond acceptors (Lipinski definition) is 3. The van der Waals surface area contributed by atoms with Crippen LogP contribution in [0, 0.1) is 0 Å². The number of phenols is 1. The highest BCUT2D eigenvalue weighted by Crippen LogP contribution is 2.39. The summed E-state index contributed by atoms with van der Waals surface area (Å²) in [4.78, 5) is 5.11. The molecule has 0 spiro atoms. The number of benzene rings is 1. The van der Waals surface area contributed by atoms with Crippen molar-refractivity contribution in [3.63, 3.8) is 0 Å². The topological polar surface area (TPSA) is 26.7 Å². The predicted octanol–water partition coefficient (Wildman–Crippen LogP) is 2.79. The summed E-state index contributed by atoms with van der Waals surface area (Å²) < 4.78 is 0. The number of phenolic OH excluding ortho intramolecular Hbond substituents is 1. The highest BCUT2D eigenvalue weighted by molar-refractivity contribution is 5.42. The van der Waals surface area contributed by atoms with Crippen LogP contribution in [-0.4, -0.2) is 47.1 Å². The van der Waals surface area contributed by atoms with Crippen molar-refractivity contribution >= 4 is 0 Å². The van der Waals surface area contributed by atoms with Crippen LogP contribution < -0.4 is 0 Å². The van der Waals surface area contributed by atoms with E-state index in [4.69, 9.17) is 0 Å². The molecule has 2 aliphatic rings. The van der Waals surface area contributed by atoms with E-state index in [-0.39, 0.29) is 0 Å². The lowest BCUT2D eigenvalue weighted by molar-refractivity contribution is 0.0282. The Balaban J connectivity index is 1.88. The molecule has 1 fully saturated rings. The molecule has 3 unspecified atom stereocenters. The average molecular weight is 274 g/mol. The molecule has 1 N–H and O–H groups in total. The van der Waals surface area contributed by atoms with Crippen LogP contribution in [0.3, 0.4) is 0 Å². The third-order valence-electron chi connectivity index (χ3n) is 5.28. The van der Waals surface area contributed by atoms with E-state index in [9.17, 15) is 5.11 Å². The fraction of sp³-hybridized carbons (Fsp3) is 0.647. The molecule has 0 radical (unpaired) electrons. The number of piperazine rings is 1. The molecule has 1 saturated heterocycles. The smallest absolute Gasteiger partial charge is 0.119 e. The normalized spacial score (nSPS) is 32.0. The van der Waals surface area contributed by atoms with E-state index in [1.54, 1.807) is 0 Å². The maximum Gasteiger partial charge on any atom is 0.119 e. The van der Waals surface area contributed by atoms with E-state index in [1.165, 1.54) is 24.0 Å². The van der Waals surface area contributed by atoms with Gasteiger partial charge in [-0.2, -0.15) is 0 Å². The Hall–Kier alpha value is -1.06. The second-order valence-corrected chi connectivity index (χ2v) is 6.57. The van der Waals surface area contributed by atoms with Crippen molar-refractivity contribution in [2.24, 2.45) is 0 Å². The summed E-state index contributed by atoms with van der Waals surface area (Å²) in [6, 6.07) is 7.73. The molecule has 3 rings (SSSR count). The van der Waals surface area contributed by atoms with Gasteiger partial charge in [0.25, 0.3) is 0 Å². The molecule has 0 aromatic heterocycles. The van der Waals surface area contributed by atoms with Crippen LogP contribution >= 0.6 is 0 Å². The van der Waals surface area contributed by atoms with Gasteiger partial charge in [-0.3, -0.25) is 9.80 Å². The summed E-state index contributed by atoms with van der Waals surface area (Å²) in [6.07, 6.45) is 3.43. The van der Waals surface area contributed by atoms with Crippen molar-refractivity contribution in [2.75, 3.05) is 20.1 Å². The van der Waals surface area contributed by atoms with E-state index in [2.05, 4.69) is 36.8 Å². The SMILES string of the molecule is CC1CN(C2CCCc3c(O)cccc32)CC(C)N1C. The Bertz CT molecular complexity index is 476. The van der Waals surface area contributed by atoms with Gasteiger partial charge in [-0.15, -0.1) is 0 Å². The molecule has 20 heavy (non-hydrogen) atoms. The molecule has 110 valence electrons. The van der Waals surface area contributed by atoms with Gasteiger partial charge in [0.2, 0.25) is 0 Å². The lowest BCUT2D eigenvalue weighted by Gasteiger charge is -2.47. The summed E-state index contributed by atoms with van der Waals surface area (Å²) in [5.41, 5.74) is 2.54. The third kappa shape index (κ3) is 2.33. The minimum atomic E-state index is 0.488. The first kappa shape index (κ1) is 13.9. The molecule has 3 heteroatoms. The van der Waals surface area contributed by atoms with Gasteiger partial charge in [0.1, 0.15) is 5.75 Å². The summed E-state index contributed by atoms with van der Waals surface area (Å²) >= 11 is 0. The molecule has 1 aliphatic heterocycles. The van der Waals surface area contributed by atoms with Gasteiger partial charge in [-0.1, -0.05) is 12.1 Å². The fourth-order valence-corrected chi connectivity index (χ4v) is 3.88. The van der Waals surface area contributed by atoms with Gasteiger partial charge in [-0.05, 0) is 57.4 Å². The Morgan fingerprint density at radius 2 is 1.85 bits per heavy atom. The molecule has 0 amide bonds. The number of likely N-dealkylation sites (N-methyl/N-ethyl adjacent to an activating group) is 1. The Kier molecular flexibility index (Phi) is 3.74. The Labute approximate surface area is 122 Å². The molecule has 3 atom stereocenters. The lowest BCUT2D eigenvalue weighted by atomic mass is 9.85. The number of aromatic hydroxyl groups is 1. The van der Waals surface area contributed by atoms with Crippen molar-refractivity contribution in [3.05, 3.63) is 29.3 Å². The zero-order chi connectivity index (χ0) is 14.3. The number of nitrogens with zero attached hydrogens (tertiary/aromatic N) is 2. The molecule has 1 heterocycles. The van der Waals surface area contributed by atoms with Crippen molar-refractivity contribution in [1.29, 1.82) is 0 Å². The van der Waals surface area contributed by atoms with Gasteiger partial charge in [0.05, 0.1) is 0 Å². The van der Waals surface area contributed by atoms with Crippen LogP contribution in [0.2, 0.25) is 0 Å².